The Morgan fingerprint density at radius 3 is 1.89 bits per heavy atom. The van der Waals surface area contributed by atoms with Crippen molar-refractivity contribution in [1.29, 1.82) is 0 Å². The van der Waals surface area contributed by atoms with Crippen molar-refractivity contribution in [3.05, 3.63) is 29.8 Å². The zero-order chi connectivity index (χ0) is 5.40. The first-order valence-corrected chi connectivity index (χ1v) is 2.67. The molecule has 2 aliphatic rings. The lowest BCUT2D eigenvalue weighted by Gasteiger charge is -2.11. The Kier molecular flexibility index (Phi) is 1.40. The van der Waals surface area contributed by atoms with Crippen molar-refractivity contribution in [3.8, 4) is 5.75 Å². The van der Waals surface area contributed by atoms with Gasteiger partial charge < -0.3 is 10.2 Å². The third-order valence-corrected chi connectivity index (χ3v) is 1.33. The van der Waals surface area contributed by atoms with Crippen LogP contribution in [-0.4, -0.2) is 5.48 Å². The van der Waals surface area contributed by atoms with Crippen molar-refractivity contribution in [2.45, 2.75) is 6.61 Å². The molecule has 48 valence electrons. The fraction of sp³-hybridized carbons (Fsp3) is 0.143. The average molecular weight is 124 g/mol. The SMILES string of the molecule is O.c1cc2ccc1CO2. The predicted molar refractivity (Wildman–Crippen MR) is 34.4 cm³/mol. The molecule has 1 aromatic carbocycles. The molecule has 2 aliphatic heterocycles. The van der Waals surface area contributed by atoms with Gasteiger partial charge in [-0.25, -0.2) is 0 Å². The lowest BCUT2D eigenvalue weighted by Crippen LogP contribution is -2.00. The smallest absolute Gasteiger partial charge is 0.119 e. The average Bonchev–Trinajstić information content (AvgIpc) is 1.92. The van der Waals surface area contributed by atoms with Crippen LogP contribution in [0.5, 0.6) is 5.75 Å². The van der Waals surface area contributed by atoms with Crippen molar-refractivity contribution in [2.24, 2.45) is 0 Å². The highest BCUT2D eigenvalue weighted by Crippen LogP contribution is 2.19. The lowest BCUT2D eigenvalue weighted by atomic mass is 10.2. The summed E-state index contributed by atoms with van der Waals surface area (Å²) in [5.41, 5.74) is 1.26. The number of hydrogen-bond acceptors (Lipinski definition) is 1. The van der Waals surface area contributed by atoms with Gasteiger partial charge in [-0.05, 0) is 17.7 Å². The van der Waals surface area contributed by atoms with Crippen LogP contribution in [-0.2, 0) is 6.61 Å². The molecule has 0 saturated heterocycles. The van der Waals surface area contributed by atoms with Gasteiger partial charge in [0.05, 0.1) is 0 Å². The maximum absolute atomic E-state index is 5.18. The van der Waals surface area contributed by atoms with E-state index in [0.717, 1.165) is 12.4 Å². The minimum absolute atomic E-state index is 0. The fourth-order valence-corrected chi connectivity index (χ4v) is 0.849. The molecule has 0 fully saturated rings. The lowest BCUT2D eigenvalue weighted by molar-refractivity contribution is 0.295. The molecule has 2 heterocycles. The number of ether oxygens (including phenoxy) is 1. The Morgan fingerprint density at radius 2 is 1.78 bits per heavy atom. The molecule has 0 saturated carbocycles. The summed E-state index contributed by atoms with van der Waals surface area (Å²) in [5.74, 6) is 0.986. The second-order valence-corrected chi connectivity index (χ2v) is 1.93. The molecule has 2 N–H and O–H groups in total. The van der Waals surface area contributed by atoms with Gasteiger partial charge in [0.2, 0.25) is 0 Å². The molecular formula is C7H8O2. The maximum Gasteiger partial charge on any atom is 0.119 e. The second kappa shape index (κ2) is 2.07. The van der Waals surface area contributed by atoms with Crippen molar-refractivity contribution in [2.75, 3.05) is 0 Å². The summed E-state index contributed by atoms with van der Waals surface area (Å²) in [6.45, 7) is 0.766. The summed E-state index contributed by atoms with van der Waals surface area (Å²) in [5, 5.41) is 0. The molecule has 0 spiro atoms. The molecule has 0 atom stereocenters. The quantitative estimate of drug-likeness (QED) is 0.503. The van der Waals surface area contributed by atoms with Crippen LogP contribution < -0.4 is 4.74 Å². The van der Waals surface area contributed by atoms with E-state index in [2.05, 4.69) is 12.1 Å². The maximum atomic E-state index is 5.18. The topological polar surface area (TPSA) is 40.7 Å². The van der Waals surface area contributed by atoms with E-state index in [1.165, 1.54) is 5.56 Å². The molecule has 0 radical (unpaired) electrons. The van der Waals surface area contributed by atoms with Crippen LogP contribution >= 0.6 is 0 Å². The van der Waals surface area contributed by atoms with Gasteiger partial charge >= 0.3 is 0 Å². The third kappa shape index (κ3) is 0.886. The van der Waals surface area contributed by atoms with Gasteiger partial charge in [-0.3, -0.25) is 0 Å². The van der Waals surface area contributed by atoms with Crippen molar-refractivity contribution in [1.82, 2.24) is 0 Å². The highest BCUT2D eigenvalue weighted by Gasteiger charge is 2.01. The molecule has 0 amide bonds. The molecular weight excluding hydrogens is 116 g/mol. The largest absolute Gasteiger partial charge is 0.489 e. The Hall–Kier alpha value is -1.02. The van der Waals surface area contributed by atoms with E-state index in [1.807, 2.05) is 12.1 Å². The van der Waals surface area contributed by atoms with Gasteiger partial charge in [-0.15, -0.1) is 0 Å². The van der Waals surface area contributed by atoms with E-state index in [-0.39, 0.29) is 5.48 Å². The predicted octanol–water partition coefficient (Wildman–Crippen LogP) is 0.754. The summed E-state index contributed by atoms with van der Waals surface area (Å²) in [6, 6.07) is 8.13. The van der Waals surface area contributed by atoms with Gasteiger partial charge in [0.25, 0.3) is 0 Å². The van der Waals surface area contributed by atoms with Crippen LogP contribution in [0.1, 0.15) is 5.56 Å². The molecule has 2 bridgehead atoms. The van der Waals surface area contributed by atoms with Crippen LogP contribution in [0.15, 0.2) is 24.3 Å². The van der Waals surface area contributed by atoms with Crippen molar-refractivity contribution < 1.29 is 10.2 Å². The van der Waals surface area contributed by atoms with Crippen LogP contribution in [0.4, 0.5) is 0 Å². The molecule has 9 heavy (non-hydrogen) atoms. The number of fused-ring (bicyclic) bond motifs is 3. The summed E-state index contributed by atoms with van der Waals surface area (Å²) in [4.78, 5) is 0. The van der Waals surface area contributed by atoms with E-state index < -0.39 is 0 Å². The summed E-state index contributed by atoms with van der Waals surface area (Å²) in [7, 11) is 0. The van der Waals surface area contributed by atoms with Gasteiger partial charge in [0.1, 0.15) is 12.4 Å². The summed E-state index contributed by atoms with van der Waals surface area (Å²) in [6.07, 6.45) is 0. The Bertz CT molecular complexity index is 168. The van der Waals surface area contributed by atoms with Gasteiger partial charge in [-0.2, -0.15) is 0 Å². The summed E-state index contributed by atoms with van der Waals surface area (Å²) < 4.78 is 5.18. The van der Waals surface area contributed by atoms with Crippen molar-refractivity contribution in [3.63, 3.8) is 0 Å². The summed E-state index contributed by atoms with van der Waals surface area (Å²) >= 11 is 0. The van der Waals surface area contributed by atoms with E-state index in [0.29, 0.717) is 0 Å². The first-order valence-electron chi connectivity index (χ1n) is 2.67. The van der Waals surface area contributed by atoms with E-state index in [4.69, 9.17) is 4.74 Å². The van der Waals surface area contributed by atoms with Crippen LogP contribution in [0.25, 0.3) is 0 Å². The molecule has 0 aliphatic carbocycles. The molecule has 2 nitrogen and oxygen atoms in total. The highest BCUT2D eigenvalue weighted by atomic mass is 16.5. The third-order valence-electron chi connectivity index (χ3n) is 1.33. The number of hydrogen-bond donors (Lipinski definition) is 0. The zero-order valence-electron chi connectivity index (χ0n) is 4.92. The molecule has 3 rings (SSSR count). The normalized spacial score (nSPS) is 12.0. The van der Waals surface area contributed by atoms with Crippen LogP contribution in [0.2, 0.25) is 0 Å². The van der Waals surface area contributed by atoms with E-state index >= 15 is 0 Å². The first kappa shape index (κ1) is 6.11. The minimum atomic E-state index is 0. The van der Waals surface area contributed by atoms with Crippen LogP contribution in [0.3, 0.4) is 0 Å². The minimum Gasteiger partial charge on any atom is -0.489 e. The molecule has 0 unspecified atom stereocenters. The first-order chi connectivity index (χ1) is 3.95. The number of rotatable bonds is 0. The molecule has 1 aromatic rings. The second-order valence-electron chi connectivity index (χ2n) is 1.93. The standard InChI is InChI=1S/C7H6O.H2O/c1-3-7-4-2-6(1)5-8-7;/h1-4H,5H2;1H2. The van der Waals surface area contributed by atoms with Gasteiger partial charge in [-0.1, -0.05) is 12.1 Å². The van der Waals surface area contributed by atoms with Gasteiger partial charge in [0.15, 0.2) is 0 Å². The molecule has 0 aromatic heterocycles. The van der Waals surface area contributed by atoms with E-state index in [1.54, 1.807) is 0 Å². The van der Waals surface area contributed by atoms with Crippen molar-refractivity contribution >= 4 is 0 Å². The van der Waals surface area contributed by atoms with Crippen LogP contribution in [0, 0.1) is 0 Å². The monoisotopic (exact) mass is 124 g/mol. The Morgan fingerprint density at radius 1 is 1.11 bits per heavy atom. The Balaban J connectivity index is 0.000000405. The zero-order valence-corrected chi connectivity index (χ0v) is 4.92. The number of benzene rings is 1. The highest BCUT2D eigenvalue weighted by molar-refractivity contribution is 5.30. The molecule has 2 heteroatoms. The Labute approximate surface area is 53.4 Å². The van der Waals surface area contributed by atoms with E-state index in [9.17, 15) is 0 Å². The van der Waals surface area contributed by atoms with Gasteiger partial charge in [0, 0.05) is 0 Å². The fourth-order valence-electron chi connectivity index (χ4n) is 0.849.